The van der Waals surface area contributed by atoms with Crippen LogP contribution in [-0.2, 0) is 4.79 Å². The number of carbonyl (C=O) groups is 3. The van der Waals surface area contributed by atoms with Gasteiger partial charge in [-0.2, -0.15) is 5.26 Å². The van der Waals surface area contributed by atoms with Crippen LogP contribution in [0.3, 0.4) is 0 Å². The van der Waals surface area contributed by atoms with E-state index in [0.29, 0.717) is 27.4 Å². The van der Waals surface area contributed by atoms with E-state index in [4.69, 9.17) is 22.0 Å². The van der Waals surface area contributed by atoms with Gasteiger partial charge in [-0.15, -0.1) is 11.3 Å². The third-order valence-corrected chi connectivity index (χ3v) is 5.49. The maximum absolute atomic E-state index is 12.6. The summed E-state index contributed by atoms with van der Waals surface area (Å²) in [4.78, 5) is 37.1. The SMILES string of the molecule is CC(C)C[C@H](NC(=O)c1ccc(-c2cc(C(=O)O)sc2Cl)cc1)C(=O)N(C)C#N. The van der Waals surface area contributed by atoms with Gasteiger partial charge >= 0.3 is 5.97 Å². The van der Waals surface area contributed by atoms with Crippen LogP contribution in [0, 0.1) is 17.4 Å². The number of carboxylic acid groups (broad SMARTS) is 1. The van der Waals surface area contributed by atoms with E-state index in [2.05, 4.69) is 5.32 Å². The molecule has 0 aliphatic heterocycles. The standard InChI is InChI=1S/C20H20ClN3O4S/c1-11(2)8-15(19(26)24(3)10-22)23-18(25)13-6-4-12(5-7-13)14-9-16(20(27)28)29-17(14)21/h4-7,9,11,15H,8H2,1-3H3,(H,23,25)(H,27,28)/t15-/m0/s1. The van der Waals surface area contributed by atoms with Gasteiger partial charge in [-0.25, -0.2) is 4.79 Å². The summed E-state index contributed by atoms with van der Waals surface area (Å²) in [5.74, 6) is -1.83. The fraction of sp³-hybridized carbons (Fsp3) is 0.300. The van der Waals surface area contributed by atoms with E-state index in [1.807, 2.05) is 13.8 Å². The second-order valence-electron chi connectivity index (χ2n) is 6.83. The predicted octanol–water partition coefficient (Wildman–Crippen LogP) is 3.85. The van der Waals surface area contributed by atoms with Crippen LogP contribution in [0.5, 0.6) is 0 Å². The minimum Gasteiger partial charge on any atom is -0.477 e. The van der Waals surface area contributed by atoms with Gasteiger partial charge in [-0.1, -0.05) is 37.6 Å². The number of rotatable bonds is 7. The second-order valence-corrected chi connectivity index (χ2v) is 8.49. The number of thiophene rings is 1. The number of nitrogens with one attached hydrogen (secondary N) is 1. The lowest BCUT2D eigenvalue weighted by Crippen LogP contribution is -2.46. The van der Waals surface area contributed by atoms with E-state index in [0.717, 1.165) is 16.2 Å². The largest absolute Gasteiger partial charge is 0.477 e. The summed E-state index contributed by atoms with van der Waals surface area (Å²) in [6.07, 6.45) is 2.15. The molecule has 2 rings (SSSR count). The van der Waals surface area contributed by atoms with Crippen LogP contribution in [0.25, 0.3) is 11.1 Å². The Morgan fingerprint density at radius 2 is 1.90 bits per heavy atom. The van der Waals surface area contributed by atoms with E-state index < -0.39 is 23.8 Å². The number of carbonyl (C=O) groups excluding carboxylic acids is 2. The summed E-state index contributed by atoms with van der Waals surface area (Å²) in [6, 6.07) is 7.15. The molecular formula is C20H20ClN3O4S. The lowest BCUT2D eigenvalue weighted by atomic mass is 10.0. The molecule has 0 saturated carbocycles. The first kappa shape index (κ1) is 22.4. The zero-order valence-corrected chi connectivity index (χ0v) is 17.7. The Labute approximate surface area is 177 Å². The maximum Gasteiger partial charge on any atom is 0.345 e. The van der Waals surface area contributed by atoms with E-state index in [9.17, 15) is 14.4 Å². The van der Waals surface area contributed by atoms with E-state index in [1.165, 1.54) is 13.1 Å². The fourth-order valence-electron chi connectivity index (χ4n) is 2.69. The predicted molar refractivity (Wildman–Crippen MR) is 111 cm³/mol. The number of halogens is 1. The fourth-order valence-corrected chi connectivity index (χ4v) is 3.85. The smallest absolute Gasteiger partial charge is 0.345 e. The Morgan fingerprint density at radius 3 is 2.38 bits per heavy atom. The van der Waals surface area contributed by atoms with Crippen LogP contribution in [0.4, 0.5) is 0 Å². The molecule has 0 spiro atoms. The van der Waals surface area contributed by atoms with Crippen molar-refractivity contribution in [2.24, 2.45) is 5.92 Å². The molecule has 0 bridgehead atoms. The van der Waals surface area contributed by atoms with Crippen LogP contribution in [-0.4, -0.2) is 40.9 Å². The first-order chi connectivity index (χ1) is 13.6. The van der Waals surface area contributed by atoms with Crippen LogP contribution in [0.2, 0.25) is 4.34 Å². The zero-order chi connectivity index (χ0) is 21.7. The molecule has 2 aromatic rings. The number of likely N-dealkylation sites (N-methyl/N-ethyl adjacent to an activating group) is 1. The molecule has 1 aromatic carbocycles. The van der Waals surface area contributed by atoms with Gasteiger partial charge in [-0.05, 0) is 36.1 Å². The average Bonchev–Trinajstić information content (AvgIpc) is 3.08. The lowest BCUT2D eigenvalue weighted by molar-refractivity contribution is -0.129. The summed E-state index contributed by atoms with van der Waals surface area (Å²) < 4.78 is 0.349. The number of benzene rings is 1. The van der Waals surface area contributed by atoms with Crippen molar-refractivity contribution in [3.63, 3.8) is 0 Å². The maximum atomic E-state index is 12.6. The molecule has 0 aliphatic carbocycles. The number of aromatic carboxylic acids is 1. The summed E-state index contributed by atoms with van der Waals surface area (Å²) in [6.45, 7) is 3.84. The Kier molecular flexibility index (Phi) is 7.37. The van der Waals surface area contributed by atoms with Crippen molar-refractivity contribution < 1.29 is 19.5 Å². The van der Waals surface area contributed by atoms with Gasteiger partial charge in [0.25, 0.3) is 11.8 Å². The Hall–Kier alpha value is -2.89. The van der Waals surface area contributed by atoms with Crippen molar-refractivity contribution in [3.8, 4) is 17.3 Å². The molecular weight excluding hydrogens is 414 g/mol. The molecule has 2 N–H and O–H groups in total. The number of nitriles is 1. The highest BCUT2D eigenvalue weighted by Crippen LogP contribution is 2.35. The molecule has 0 fully saturated rings. The first-order valence-corrected chi connectivity index (χ1v) is 9.94. The van der Waals surface area contributed by atoms with Crippen molar-refractivity contribution in [2.45, 2.75) is 26.3 Å². The van der Waals surface area contributed by atoms with Crippen LogP contribution >= 0.6 is 22.9 Å². The molecule has 2 amide bonds. The zero-order valence-electron chi connectivity index (χ0n) is 16.1. The van der Waals surface area contributed by atoms with Gasteiger partial charge in [0, 0.05) is 18.2 Å². The van der Waals surface area contributed by atoms with E-state index in [-0.39, 0.29) is 10.8 Å². The van der Waals surface area contributed by atoms with Gasteiger partial charge in [0.05, 0.1) is 0 Å². The molecule has 0 aliphatic rings. The van der Waals surface area contributed by atoms with Gasteiger partial charge in [0.1, 0.15) is 15.3 Å². The minimum absolute atomic E-state index is 0.128. The number of hydrogen-bond donors (Lipinski definition) is 2. The Morgan fingerprint density at radius 1 is 1.28 bits per heavy atom. The molecule has 1 heterocycles. The normalized spacial score (nSPS) is 11.6. The van der Waals surface area contributed by atoms with Crippen molar-refractivity contribution in [1.29, 1.82) is 5.26 Å². The van der Waals surface area contributed by atoms with Crippen LogP contribution in [0.1, 0.15) is 40.3 Å². The summed E-state index contributed by atoms with van der Waals surface area (Å²) >= 11 is 7.10. The van der Waals surface area contributed by atoms with Crippen LogP contribution < -0.4 is 5.32 Å². The van der Waals surface area contributed by atoms with Gasteiger partial charge in [0.15, 0.2) is 6.19 Å². The summed E-state index contributed by atoms with van der Waals surface area (Å²) in [5, 5.41) is 20.7. The van der Waals surface area contributed by atoms with Gasteiger partial charge in [-0.3, -0.25) is 14.5 Å². The number of amides is 2. The van der Waals surface area contributed by atoms with Gasteiger partial charge < -0.3 is 10.4 Å². The van der Waals surface area contributed by atoms with E-state index >= 15 is 0 Å². The van der Waals surface area contributed by atoms with Crippen LogP contribution in [0.15, 0.2) is 30.3 Å². The molecule has 9 heteroatoms. The quantitative estimate of drug-likeness (QED) is 0.509. The molecule has 1 aromatic heterocycles. The van der Waals surface area contributed by atoms with E-state index in [1.54, 1.807) is 30.5 Å². The van der Waals surface area contributed by atoms with Gasteiger partial charge in [0.2, 0.25) is 0 Å². The molecule has 0 radical (unpaired) electrons. The molecule has 152 valence electrons. The number of carboxylic acids is 1. The second kappa shape index (κ2) is 9.54. The average molecular weight is 434 g/mol. The van der Waals surface area contributed by atoms with Crippen molar-refractivity contribution in [2.75, 3.05) is 7.05 Å². The summed E-state index contributed by atoms with van der Waals surface area (Å²) in [7, 11) is 1.35. The minimum atomic E-state index is -1.05. The van der Waals surface area contributed by atoms with Crippen molar-refractivity contribution in [1.82, 2.24) is 10.2 Å². The van der Waals surface area contributed by atoms with Crippen molar-refractivity contribution >= 4 is 40.7 Å². The summed E-state index contributed by atoms with van der Waals surface area (Å²) in [5.41, 5.74) is 1.58. The van der Waals surface area contributed by atoms with Crippen molar-refractivity contribution in [3.05, 3.63) is 45.1 Å². The number of nitrogens with zero attached hydrogens (tertiary/aromatic N) is 2. The highest BCUT2D eigenvalue weighted by molar-refractivity contribution is 7.18. The first-order valence-electron chi connectivity index (χ1n) is 8.75. The topological polar surface area (TPSA) is 110 Å². The Bertz CT molecular complexity index is 963. The monoisotopic (exact) mass is 433 g/mol. The third kappa shape index (κ3) is 5.56. The molecule has 7 nitrogen and oxygen atoms in total. The molecule has 1 atom stereocenters. The lowest BCUT2D eigenvalue weighted by Gasteiger charge is -2.21. The molecule has 29 heavy (non-hydrogen) atoms. The molecule has 0 saturated heterocycles. The third-order valence-electron chi connectivity index (χ3n) is 4.15. The number of hydrogen-bond acceptors (Lipinski definition) is 5. The highest BCUT2D eigenvalue weighted by Gasteiger charge is 2.25. The highest BCUT2D eigenvalue weighted by atomic mass is 35.5. The Balaban J connectivity index is 2.20. The molecule has 0 unspecified atom stereocenters.